The van der Waals surface area contributed by atoms with Crippen LogP contribution in [0, 0.1) is 11.5 Å². The summed E-state index contributed by atoms with van der Waals surface area (Å²) in [7, 11) is -1.30. The fourth-order valence-electron chi connectivity index (χ4n) is 1.62. The van der Waals surface area contributed by atoms with E-state index in [1.807, 2.05) is 12.4 Å². The summed E-state index contributed by atoms with van der Waals surface area (Å²) in [5.41, 5.74) is 5.56. The van der Waals surface area contributed by atoms with Gasteiger partial charge in [-0.1, -0.05) is 37.7 Å². The fourth-order valence-corrected chi connectivity index (χ4v) is 2.14. The standard InChI is InChI=1S/C14H18N2Si/c1-17(2,3)9-6-13-10-14(12-15-11-13)16-7-4-5-8-16/h4-5,10-12H,7-8H2,1-3H3. The van der Waals surface area contributed by atoms with Crippen molar-refractivity contribution in [3.8, 4) is 11.5 Å². The van der Waals surface area contributed by atoms with Crippen LogP contribution < -0.4 is 4.90 Å². The highest BCUT2D eigenvalue weighted by atomic mass is 28.3. The van der Waals surface area contributed by atoms with Gasteiger partial charge in [-0.3, -0.25) is 4.98 Å². The Bertz CT molecular complexity index is 481. The highest BCUT2D eigenvalue weighted by molar-refractivity contribution is 6.83. The maximum absolute atomic E-state index is 4.27. The van der Waals surface area contributed by atoms with Gasteiger partial charge in [0.05, 0.1) is 11.9 Å². The lowest BCUT2D eigenvalue weighted by atomic mass is 10.2. The molecule has 3 heteroatoms. The number of nitrogens with zero attached hydrogens (tertiary/aromatic N) is 2. The van der Waals surface area contributed by atoms with Crippen molar-refractivity contribution in [1.82, 2.24) is 4.98 Å². The highest BCUT2D eigenvalue weighted by Gasteiger charge is 2.09. The minimum atomic E-state index is -1.30. The van der Waals surface area contributed by atoms with E-state index in [1.54, 1.807) is 0 Å². The van der Waals surface area contributed by atoms with Crippen LogP contribution in [-0.4, -0.2) is 26.1 Å². The van der Waals surface area contributed by atoms with E-state index in [0.29, 0.717) is 0 Å². The van der Waals surface area contributed by atoms with Crippen LogP contribution in [0.1, 0.15) is 5.56 Å². The fraction of sp³-hybridized carbons (Fsp3) is 0.357. The molecule has 1 aromatic rings. The molecule has 0 radical (unpaired) electrons. The third-order valence-electron chi connectivity index (χ3n) is 2.49. The van der Waals surface area contributed by atoms with Crippen molar-refractivity contribution >= 4 is 13.8 Å². The second kappa shape index (κ2) is 4.76. The third kappa shape index (κ3) is 3.47. The molecular formula is C14H18N2Si. The van der Waals surface area contributed by atoms with Crippen molar-refractivity contribution in [3.05, 3.63) is 36.2 Å². The zero-order chi connectivity index (χ0) is 12.3. The molecule has 0 bridgehead atoms. The van der Waals surface area contributed by atoms with Crippen LogP contribution in [0.3, 0.4) is 0 Å². The van der Waals surface area contributed by atoms with Gasteiger partial charge in [-0.15, -0.1) is 5.54 Å². The molecule has 0 aliphatic carbocycles. The van der Waals surface area contributed by atoms with Crippen molar-refractivity contribution in [2.75, 3.05) is 18.0 Å². The summed E-state index contributed by atoms with van der Waals surface area (Å²) in [6, 6.07) is 2.13. The lowest BCUT2D eigenvalue weighted by Crippen LogP contribution is -2.18. The Kier molecular flexibility index (Phi) is 3.35. The van der Waals surface area contributed by atoms with Crippen LogP contribution in [0.25, 0.3) is 0 Å². The predicted molar refractivity (Wildman–Crippen MR) is 75.8 cm³/mol. The van der Waals surface area contributed by atoms with Gasteiger partial charge in [-0.05, 0) is 6.07 Å². The molecule has 88 valence electrons. The van der Waals surface area contributed by atoms with Gasteiger partial charge in [0.25, 0.3) is 0 Å². The molecule has 2 nitrogen and oxygen atoms in total. The van der Waals surface area contributed by atoms with Crippen LogP contribution in [0.4, 0.5) is 5.69 Å². The minimum Gasteiger partial charge on any atom is -0.363 e. The second-order valence-corrected chi connectivity index (χ2v) is 10.1. The lowest BCUT2D eigenvalue weighted by Gasteiger charge is -2.16. The Balaban J connectivity index is 2.19. The van der Waals surface area contributed by atoms with Crippen LogP contribution in [0.15, 0.2) is 30.6 Å². The average Bonchev–Trinajstić information content (AvgIpc) is 2.79. The molecular weight excluding hydrogens is 224 g/mol. The maximum atomic E-state index is 4.27. The zero-order valence-electron chi connectivity index (χ0n) is 10.7. The summed E-state index contributed by atoms with van der Waals surface area (Å²) in [4.78, 5) is 6.56. The summed E-state index contributed by atoms with van der Waals surface area (Å²) < 4.78 is 0. The SMILES string of the molecule is C[Si](C)(C)C#Cc1cncc(N2CC=CC2)c1. The van der Waals surface area contributed by atoms with E-state index < -0.39 is 8.07 Å². The second-order valence-electron chi connectivity index (χ2n) is 5.31. The number of hydrogen-bond donors (Lipinski definition) is 0. The largest absolute Gasteiger partial charge is 0.363 e. The molecule has 1 aliphatic rings. The first-order valence-electron chi connectivity index (χ1n) is 5.93. The van der Waals surface area contributed by atoms with E-state index in [0.717, 1.165) is 24.3 Å². The Labute approximate surface area is 104 Å². The third-order valence-corrected chi connectivity index (χ3v) is 3.36. The molecule has 0 unspecified atom stereocenters. The first-order chi connectivity index (χ1) is 8.04. The molecule has 0 aromatic carbocycles. The Morgan fingerprint density at radius 1 is 1.18 bits per heavy atom. The lowest BCUT2D eigenvalue weighted by molar-refractivity contribution is 0.997. The normalized spacial score (nSPS) is 14.6. The topological polar surface area (TPSA) is 16.1 Å². The van der Waals surface area contributed by atoms with Gasteiger partial charge in [0.2, 0.25) is 0 Å². The molecule has 0 fully saturated rings. The number of aromatic nitrogens is 1. The molecule has 0 atom stereocenters. The van der Waals surface area contributed by atoms with Crippen molar-refractivity contribution in [3.63, 3.8) is 0 Å². The molecule has 0 spiro atoms. The van der Waals surface area contributed by atoms with Crippen LogP contribution in [0.5, 0.6) is 0 Å². The maximum Gasteiger partial charge on any atom is 0.129 e. The molecule has 2 rings (SSSR count). The van der Waals surface area contributed by atoms with E-state index in [9.17, 15) is 0 Å². The van der Waals surface area contributed by atoms with Gasteiger partial charge in [-0.2, -0.15) is 0 Å². The number of anilines is 1. The Morgan fingerprint density at radius 2 is 1.88 bits per heavy atom. The van der Waals surface area contributed by atoms with Crippen LogP contribution in [0.2, 0.25) is 19.6 Å². The molecule has 17 heavy (non-hydrogen) atoms. The zero-order valence-corrected chi connectivity index (χ0v) is 11.7. The molecule has 2 heterocycles. The van der Waals surface area contributed by atoms with E-state index in [2.05, 4.69) is 59.2 Å². The van der Waals surface area contributed by atoms with E-state index in [-0.39, 0.29) is 0 Å². The Hall–Kier alpha value is -1.53. The smallest absolute Gasteiger partial charge is 0.129 e. The summed E-state index contributed by atoms with van der Waals surface area (Å²) in [6.07, 6.45) is 8.12. The van der Waals surface area contributed by atoms with Gasteiger partial charge in [0.15, 0.2) is 0 Å². The molecule has 0 amide bonds. The summed E-state index contributed by atoms with van der Waals surface area (Å²) in [5.74, 6) is 3.25. The van der Waals surface area contributed by atoms with E-state index in [1.165, 1.54) is 0 Å². The van der Waals surface area contributed by atoms with Crippen LogP contribution >= 0.6 is 0 Å². The molecule has 0 N–H and O–H groups in total. The van der Waals surface area contributed by atoms with Gasteiger partial charge >= 0.3 is 0 Å². The van der Waals surface area contributed by atoms with Gasteiger partial charge < -0.3 is 4.90 Å². The number of pyridine rings is 1. The summed E-state index contributed by atoms with van der Waals surface area (Å²) in [5, 5.41) is 0. The highest BCUT2D eigenvalue weighted by Crippen LogP contribution is 2.16. The summed E-state index contributed by atoms with van der Waals surface area (Å²) in [6.45, 7) is 8.71. The first kappa shape index (κ1) is 11.9. The van der Waals surface area contributed by atoms with Gasteiger partial charge in [0.1, 0.15) is 8.07 Å². The summed E-state index contributed by atoms with van der Waals surface area (Å²) >= 11 is 0. The van der Waals surface area contributed by atoms with E-state index in [4.69, 9.17) is 0 Å². The first-order valence-corrected chi connectivity index (χ1v) is 9.43. The molecule has 1 aliphatic heterocycles. The number of hydrogen-bond acceptors (Lipinski definition) is 2. The Morgan fingerprint density at radius 3 is 2.53 bits per heavy atom. The van der Waals surface area contributed by atoms with Gasteiger partial charge in [-0.25, -0.2) is 0 Å². The average molecular weight is 242 g/mol. The van der Waals surface area contributed by atoms with Gasteiger partial charge in [0, 0.05) is 24.8 Å². The monoisotopic (exact) mass is 242 g/mol. The quantitative estimate of drug-likeness (QED) is 0.427. The predicted octanol–water partition coefficient (Wildman–Crippen LogP) is 2.69. The van der Waals surface area contributed by atoms with Crippen LogP contribution in [-0.2, 0) is 0 Å². The van der Waals surface area contributed by atoms with Crippen molar-refractivity contribution in [2.24, 2.45) is 0 Å². The van der Waals surface area contributed by atoms with Crippen molar-refractivity contribution in [1.29, 1.82) is 0 Å². The minimum absolute atomic E-state index is 0.979. The number of rotatable bonds is 1. The van der Waals surface area contributed by atoms with Crippen molar-refractivity contribution < 1.29 is 0 Å². The molecule has 0 saturated heterocycles. The van der Waals surface area contributed by atoms with E-state index >= 15 is 0 Å². The molecule has 1 aromatic heterocycles. The van der Waals surface area contributed by atoms with Crippen molar-refractivity contribution in [2.45, 2.75) is 19.6 Å². The molecule has 0 saturated carbocycles.